The zero-order valence-electron chi connectivity index (χ0n) is 15.4. The van der Waals surface area contributed by atoms with Gasteiger partial charge in [-0.15, -0.1) is 0 Å². The van der Waals surface area contributed by atoms with Gasteiger partial charge in [0.1, 0.15) is 11.8 Å². The molecular weight excluding hydrogens is 368 g/mol. The van der Waals surface area contributed by atoms with E-state index in [2.05, 4.69) is 0 Å². The maximum Gasteiger partial charge on any atom is 0.292 e. The number of carbonyl (C=O) groups is 3. The maximum absolute atomic E-state index is 12.7. The van der Waals surface area contributed by atoms with E-state index >= 15 is 0 Å². The van der Waals surface area contributed by atoms with Gasteiger partial charge in [0.2, 0.25) is 12.2 Å². The first-order valence-electron chi connectivity index (χ1n) is 8.29. The van der Waals surface area contributed by atoms with E-state index in [0.29, 0.717) is 22.9 Å². The molecule has 2 aromatic rings. The fourth-order valence-corrected chi connectivity index (χ4v) is 2.89. The Kier molecular flexibility index (Phi) is 6.96. The quantitative estimate of drug-likeness (QED) is 0.515. The standard InChI is InChI=1S/C20H21ClN2O4/c1-14(23(13-24)17-9-4-5-10-18(17)27-3)19(25)20(26)22(2)12-15-7-6-8-16(21)11-15/h4-11,13-14H,12H2,1-3H3. The number of ketones is 1. The van der Waals surface area contributed by atoms with E-state index in [9.17, 15) is 14.4 Å². The van der Waals surface area contributed by atoms with Gasteiger partial charge in [0, 0.05) is 18.6 Å². The Bertz CT molecular complexity index is 840. The molecule has 0 N–H and O–H groups in total. The molecule has 0 bridgehead atoms. The molecule has 6 nitrogen and oxygen atoms in total. The Hall–Kier alpha value is -2.86. The molecule has 2 aromatic carbocycles. The van der Waals surface area contributed by atoms with E-state index in [0.717, 1.165) is 5.56 Å². The predicted octanol–water partition coefficient (Wildman–Crippen LogP) is 2.93. The second kappa shape index (κ2) is 9.19. The molecule has 0 aliphatic carbocycles. The van der Waals surface area contributed by atoms with Crippen molar-refractivity contribution in [1.29, 1.82) is 0 Å². The van der Waals surface area contributed by atoms with Gasteiger partial charge in [0.05, 0.1) is 12.8 Å². The molecule has 0 aliphatic heterocycles. The van der Waals surface area contributed by atoms with E-state index in [1.54, 1.807) is 42.5 Å². The van der Waals surface area contributed by atoms with Crippen LogP contribution in [0.15, 0.2) is 48.5 Å². The SMILES string of the molecule is COc1ccccc1N(C=O)C(C)C(=O)C(=O)N(C)Cc1cccc(Cl)c1. The van der Waals surface area contributed by atoms with Gasteiger partial charge in [0.15, 0.2) is 0 Å². The summed E-state index contributed by atoms with van der Waals surface area (Å²) >= 11 is 5.95. The number of rotatable bonds is 8. The van der Waals surface area contributed by atoms with Crippen LogP contribution in [0.1, 0.15) is 12.5 Å². The summed E-state index contributed by atoms with van der Waals surface area (Å²) < 4.78 is 5.24. The normalized spacial score (nSPS) is 11.4. The third-order valence-corrected chi connectivity index (χ3v) is 4.37. The minimum atomic E-state index is -0.979. The molecule has 0 aromatic heterocycles. The average molecular weight is 389 g/mol. The molecule has 1 unspecified atom stereocenters. The predicted molar refractivity (Wildman–Crippen MR) is 104 cm³/mol. The molecule has 0 aliphatic rings. The topological polar surface area (TPSA) is 66.9 Å². The first-order valence-corrected chi connectivity index (χ1v) is 8.67. The van der Waals surface area contributed by atoms with Crippen molar-refractivity contribution < 1.29 is 19.1 Å². The molecule has 2 amide bonds. The van der Waals surface area contributed by atoms with Crippen LogP contribution >= 0.6 is 11.6 Å². The van der Waals surface area contributed by atoms with Crippen LogP contribution in [0, 0.1) is 0 Å². The van der Waals surface area contributed by atoms with Crippen LogP contribution in [0.2, 0.25) is 5.02 Å². The molecule has 1 atom stereocenters. The van der Waals surface area contributed by atoms with Gasteiger partial charge >= 0.3 is 0 Å². The molecular formula is C20H21ClN2O4. The van der Waals surface area contributed by atoms with Gasteiger partial charge < -0.3 is 14.5 Å². The molecule has 142 valence electrons. The van der Waals surface area contributed by atoms with Crippen molar-refractivity contribution in [2.45, 2.75) is 19.5 Å². The number of benzene rings is 2. The highest BCUT2D eigenvalue weighted by Crippen LogP contribution is 2.28. The molecule has 0 radical (unpaired) electrons. The summed E-state index contributed by atoms with van der Waals surface area (Å²) in [6, 6.07) is 12.9. The summed E-state index contributed by atoms with van der Waals surface area (Å²) in [5.41, 5.74) is 1.22. The first-order chi connectivity index (χ1) is 12.9. The highest BCUT2D eigenvalue weighted by Gasteiger charge is 2.30. The van der Waals surface area contributed by atoms with Crippen molar-refractivity contribution in [3.63, 3.8) is 0 Å². The number of para-hydroxylation sites is 2. The van der Waals surface area contributed by atoms with Crippen molar-refractivity contribution in [1.82, 2.24) is 4.90 Å². The summed E-state index contributed by atoms with van der Waals surface area (Å²) in [6.07, 6.45) is 0.519. The van der Waals surface area contributed by atoms with Crippen molar-refractivity contribution in [3.05, 3.63) is 59.1 Å². The molecule has 2 rings (SSSR count). The fraction of sp³-hybridized carbons (Fsp3) is 0.250. The largest absolute Gasteiger partial charge is 0.495 e. The van der Waals surface area contributed by atoms with E-state index in [1.165, 1.54) is 30.9 Å². The number of hydrogen-bond donors (Lipinski definition) is 0. The average Bonchev–Trinajstić information content (AvgIpc) is 2.67. The number of Topliss-reactive ketones (excluding diaryl/α,β-unsaturated/α-hetero) is 1. The van der Waals surface area contributed by atoms with Crippen LogP contribution < -0.4 is 9.64 Å². The van der Waals surface area contributed by atoms with Crippen LogP contribution in [0.3, 0.4) is 0 Å². The van der Waals surface area contributed by atoms with Crippen LogP contribution in [0.4, 0.5) is 5.69 Å². The van der Waals surface area contributed by atoms with Gasteiger partial charge in [-0.3, -0.25) is 14.4 Å². The summed E-state index contributed by atoms with van der Waals surface area (Å²) in [5, 5.41) is 0.552. The van der Waals surface area contributed by atoms with Crippen molar-refractivity contribution in [2.75, 3.05) is 19.1 Å². The molecule has 0 spiro atoms. The van der Waals surface area contributed by atoms with E-state index in [-0.39, 0.29) is 6.54 Å². The minimum Gasteiger partial charge on any atom is -0.495 e. The third-order valence-electron chi connectivity index (χ3n) is 4.14. The van der Waals surface area contributed by atoms with Gasteiger partial charge in [-0.2, -0.15) is 0 Å². The van der Waals surface area contributed by atoms with Gasteiger partial charge in [-0.05, 0) is 36.8 Å². The van der Waals surface area contributed by atoms with E-state index < -0.39 is 17.7 Å². The third kappa shape index (κ3) is 4.86. The first kappa shape index (κ1) is 20.5. The number of carbonyl (C=O) groups excluding carboxylic acids is 3. The fourth-order valence-electron chi connectivity index (χ4n) is 2.67. The van der Waals surface area contributed by atoms with Crippen molar-refractivity contribution >= 4 is 35.4 Å². The van der Waals surface area contributed by atoms with Gasteiger partial charge in [-0.1, -0.05) is 35.9 Å². The van der Waals surface area contributed by atoms with Crippen LogP contribution in [-0.4, -0.2) is 43.2 Å². The number of methoxy groups -OCH3 is 1. The second-order valence-corrected chi connectivity index (χ2v) is 6.45. The number of ether oxygens (including phenoxy) is 1. The molecule has 27 heavy (non-hydrogen) atoms. The number of nitrogens with zero attached hydrogens (tertiary/aromatic N) is 2. The Morgan fingerprint density at radius 2 is 1.89 bits per heavy atom. The molecule has 0 saturated heterocycles. The lowest BCUT2D eigenvalue weighted by Gasteiger charge is -2.26. The summed E-state index contributed by atoms with van der Waals surface area (Å²) in [6.45, 7) is 1.74. The molecule has 0 fully saturated rings. The van der Waals surface area contributed by atoms with E-state index in [1.807, 2.05) is 6.07 Å². The summed E-state index contributed by atoms with van der Waals surface area (Å²) in [7, 11) is 3.00. The van der Waals surface area contributed by atoms with Crippen LogP contribution in [0.25, 0.3) is 0 Å². The smallest absolute Gasteiger partial charge is 0.292 e. The Morgan fingerprint density at radius 3 is 2.52 bits per heavy atom. The molecule has 0 heterocycles. The van der Waals surface area contributed by atoms with Crippen LogP contribution in [0.5, 0.6) is 5.75 Å². The van der Waals surface area contributed by atoms with E-state index in [4.69, 9.17) is 16.3 Å². The number of anilines is 1. The highest BCUT2D eigenvalue weighted by molar-refractivity contribution is 6.39. The second-order valence-electron chi connectivity index (χ2n) is 6.02. The number of amides is 2. The number of likely N-dealkylation sites (N-methyl/N-ethyl adjacent to an activating group) is 1. The Labute approximate surface area is 163 Å². The maximum atomic E-state index is 12.7. The number of halogens is 1. The molecule has 7 heteroatoms. The lowest BCUT2D eigenvalue weighted by Crippen LogP contribution is -2.46. The Morgan fingerprint density at radius 1 is 1.19 bits per heavy atom. The van der Waals surface area contributed by atoms with Crippen molar-refractivity contribution in [2.24, 2.45) is 0 Å². The lowest BCUT2D eigenvalue weighted by atomic mass is 10.1. The van der Waals surface area contributed by atoms with Crippen LogP contribution in [-0.2, 0) is 20.9 Å². The zero-order valence-corrected chi connectivity index (χ0v) is 16.1. The lowest BCUT2D eigenvalue weighted by molar-refractivity contribution is -0.144. The van der Waals surface area contributed by atoms with Gasteiger partial charge in [0.25, 0.3) is 5.91 Å². The zero-order chi connectivity index (χ0) is 20.0. The molecule has 0 saturated carbocycles. The van der Waals surface area contributed by atoms with Crippen molar-refractivity contribution in [3.8, 4) is 5.75 Å². The summed E-state index contributed by atoms with van der Waals surface area (Å²) in [4.78, 5) is 39.3. The minimum absolute atomic E-state index is 0.230. The number of hydrogen-bond acceptors (Lipinski definition) is 4. The summed E-state index contributed by atoms with van der Waals surface area (Å²) in [5.74, 6) is -0.953. The Balaban J connectivity index is 2.16. The monoisotopic (exact) mass is 388 g/mol. The van der Waals surface area contributed by atoms with Gasteiger partial charge in [-0.25, -0.2) is 0 Å². The highest BCUT2D eigenvalue weighted by atomic mass is 35.5.